The number of fused-ring (bicyclic) bond motifs is 3. The van der Waals surface area contributed by atoms with E-state index in [2.05, 4.69) is 217 Å². The average Bonchev–Trinajstić information content (AvgIpc) is 3.46. The van der Waals surface area contributed by atoms with E-state index in [9.17, 15) is 0 Å². The fourth-order valence-corrected chi connectivity index (χ4v) is 8.00. The lowest BCUT2D eigenvalue weighted by Crippen LogP contribution is -2.20. The van der Waals surface area contributed by atoms with Crippen LogP contribution in [0.1, 0.15) is 11.1 Å². The lowest BCUT2D eigenvalue weighted by molar-refractivity contribution is 0.812. The Hall–Kier alpha value is -7.36. The lowest BCUT2D eigenvalue weighted by Gasteiger charge is -2.24. The Morgan fingerprint density at radius 3 is 0.930 bits per heavy atom. The van der Waals surface area contributed by atoms with E-state index in [1.807, 2.05) is 0 Å². The number of para-hydroxylation sites is 1. The fourth-order valence-electron chi connectivity index (χ4n) is 8.00. The monoisotopic (exact) mass is 729 g/mol. The molecule has 0 amide bonds. The number of aromatic nitrogens is 2. The second kappa shape index (κ2) is 15.1. The summed E-state index contributed by atoms with van der Waals surface area (Å²) in [5, 5.41) is 0. The third-order valence-corrected chi connectivity index (χ3v) is 10.9. The van der Waals surface area contributed by atoms with Crippen LogP contribution in [0.15, 0.2) is 212 Å². The van der Waals surface area contributed by atoms with Gasteiger partial charge in [-0.25, -0.2) is 9.97 Å². The van der Waals surface area contributed by atoms with Crippen LogP contribution in [0.4, 0.5) is 5.69 Å². The maximum atomic E-state index is 5.17. The van der Waals surface area contributed by atoms with Crippen molar-refractivity contribution in [1.82, 2.24) is 9.97 Å². The van der Waals surface area contributed by atoms with Crippen molar-refractivity contribution in [2.24, 2.45) is 0 Å². The van der Waals surface area contributed by atoms with Crippen molar-refractivity contribution < 1.29 is 0 Å². The summed E-state index contributed by atoms with van der Waals surface area (Å²) in [5.41, 5.74) is 19.2. The molecule has 57 heavy (non-hydrogen) atoms. The van der Waals surface area contributed by atoms with Gasteiger partial charge in [0.25, 0.3) is 0 Å². The van der Waals surface area contributed by atoms with Crippen LogP contribution in [0.2, 0.25) is 0 Å². The van der Waals surface area contributed by atoms with Crippen molar-refractivity contribution in [2.45, 2.75) is 13.1 Å². The summed E-state index contributed by atoms with van der Waals surface area (Å²) in [6.45, 7) is 1.60. The summed E-state index contributed by atoms with van der Waals surface area (Å²) < 4.78 is 0. The molecule has 7 aromatic carbocycles. The van der Waals surface area contributed by atoms with E-state index >= 15 is 0 Å². The highest BCUT2D eigenvalue weighted by Crippen LogP contribution is 2.41. The molecule has 0 aliphatic carbocycles. The molecule has 3 nitrogen and oxygen atoms in total. The third-order valence-electron chi connectivity index (χ3n) is 10.9. The van der Waals surface area contributed by atoms with E-state index in [0.29, 0.717) is 0 Å². The first-order chi connectivity index (χ1) is 28.2. The van der Waals surface area contributed by atoms with E-state index in [1.54, 1.807) is 0 Å². The zero-order chi connectivity index (χ0) is 38.0. The topological polar surface area (TPSA) is 29.0 Å². The predicted molar refractivity (Wildman–Crippen MR) is 236 cm³/mol. The molecule has 2 aromatic heterocycles. The quantitative estimate of drug-likeness (QED) is 0.164. The van der Waals surface area contributed by atoms with Gasteiger partial charge in [-0.2, -0.15) is 0 Å². The highest BCUT2D eigenvalue weighted by Gasteiger charge is 2.22. The Labute approximate surface area is 334 Å². The van der Waals surface area contributed by atoms with Crippen LogP contribution in [0, 0.1) is 0 Å². The number of pyridine rings is 2. The highest BCUT2D eigenvalue weighted by atomic mass is 15.1. The van der Waals surface area contributed by atoms with Crippen LogP contribution >= 0.6 is 0 Å². The van der Waals surface area contributed by atoms with Gasteiger partial charge in [-0.1, -0.05) is 164 Å². The zero-order valence-corrected chi connectivity index (χ0v) is 31.5. The third kappa shape index (κ3) is 7.03. The van der Waals surface area contributed by atoms with E-state index in [1.165, 1.54) is 27.9 Å². The molecule has 0 saturated heterocycles. The minimum absolute atomic E-state index is 0.802. The number of benzene rings is 7. The molecule has 10 rings (SSSR count). The van der Waals surface area contributed by atoms with Gasteiger partial charge in [0, 0.05) is 41.0 Å². The first-order valence-corrected chi connectivity index (χ1v) is 19.5. The van der Waals surface area contributed by atoms with Crippen molar-refractivity contribution in [3.05, 3.63) is 223 Å². The van der Waals surface area contributed by atoms with Crippen LogP contribution in [0.5, 0.6) is 0 Å². The van der Waals surface area contributed by atoms with Gasteiger partial charge < -0.3 is 4.90 Å². The largest absolute Gasteiger partial charge is 0.363 e. The normalized spacial score (nSPS) is 12.0. The molecule has 0 bridgehead atoms. The van der Waals surface area contributed by atoms with Crippen LogP contribution in [-0.2, 0) is 13.1 Å². The predicted octanol–water partition coefficient (Wildman–Crippen LogP) is 13.7. The molecule has 3 heterocycles. The molecule has 0 saturated carbocycles. The van der Waals surface area contributed by atoms with Crippen molar-refractivity contribution in [1.29, 1.82) is 0 Å². The number of rotatable bonds is 7. The van der Waals surface area contributed by atoms with Crippen LogP contribution in [0.3, 0.4) is 0 Å². The number of nitrogens with zero attached hydrogens (tertiary/aromatic N) is 3. The smallest absolute Gasteiger partial charge is 0.0715 e. The van der Waals surface area contributed by atoms with Crippen LogP contribution < -0.4 is 4.90 Å². The Kier molecular flexibility index (Phi) is 9.02. The van der Waals surface area contributed by atoms with Crippen molar-refractivity contribution in [3.63, 3.8) is 0 Å². The maximum Gasteiger partial charge on any atom is 0.0715 e. The first-order valence-electron chi connectivity index (χ1n) is 19.5. The minimum Gasteiger partial charge on any atom is -0.363 e. The molecule has 1 aliphatic heterocycles. The van der Waals surface area contributed by atoms with Gasteiger partial charge in [-0.05, 0) is 93.0 Å². The van der Waals surface area contributed by atoms with E-state index < -0.39 is 0 Å². The van der Waals surface area contributed by atoms with Gasteiger partial charge in [0.05, 0.1) is 22.8 Å². The average molecular weight is 730 g/mol. The summed E-state index contributed by atoms with van der Waals surface area (Å²) in [5.74, 6) is 0. The molecule has 1 aliphatic rings. The molecule has 0 atom stereocenters. The molecule has 9 aromatic rings. The van der Waals surface area contributed by atoms with E-state index in [-0.39, 0.29) is 0 Å². The lowest BCUT2D eigenvalue weighted by atomic mass is 9.90. The minimum atomic E-state index is 0.802. The summed E-state index contributed by atoms with van der Waals surface area (Å²) in [7, 11) is 0. The molecule has 0 spiro atoms. The summed E-state index contributed by atoms with van der Waals surface area (Å²) in [6, 6.07) is 75.7. The Bertz CT molecular complexity index is 2530. The molecule has 0 unspecified atom stereocenters. The highest BCUT2D eigenvalue weighted by molar-refractivity contribution is 5.85. The van der Waals surface area contributed by atoms with Crippen LogP contribution in [0.25, 0.3) is 78.4 Å². The van der Waals surface area contributed by atoms with Crippen LogP contribution in [-0.4, -0.2) is 9.97 Å². The Morgan fingerprint density at radius 1 is 0.281 bits per heavy atom. The maximum absolute atomic E-state index is 5.17. The SMILES string of the molecule is c1ccc(-c2cc(-c3ccc4c(c3)-c3cc(-c5cc(-c6ccccc6)nc(-c6ccccc6)c5)ccc3CN(c3ccccc3)C4)cc(-c3ccccc3)n2)cc1. The number of hydrogen-bond acceptors (Lipinski definition) is 3. The fraction of sp³-hybridized carbons (Fsp3) is 0.0370. The zero-order valence-electron chi connectivity index (χ0n) is 31.5. The standard InChI is InChI=1S/C54H39N3/c1-6-16-38(17-7-1)51-32-46(33-52(55-51)39-18-8-2-9-19-39)42-26-28-44-36-57(48-24-14-5-15-25-48)37-45-29-27-43(31-50(45)49(44)30-42)47-34-53(40-20-10-3-11-21-40)56-54(35-47)41-22-12-4-13-23-41/h1-35H,36-37H2. The van der Waals surface area contributed by atoms with Crippen molar-refractivity contribution in [2.75, 3.05) is 4.90 Å². The molecule has 0 fully saturated rings. The second-order valence-corrected chi connectivity index (χ2v) is 14.7. The molecule has 0 N–H and O–H groups in total. The Morgan fingerprint density at radius 2 is 0.596 bits per heavy atom. The van der Waals surface area contributed by atoms with Gasteiger partial charge in [-0.15, -0.1) is 0 Å². The van der Waals surface area contributed by atoms with Crippen molar-refractivity contribution in [3.8, 4) is 78.4 Å². The molecular formula is C54H39N3. The number of hydrogen-bond donors (Lipinski definition) is 0. The molecule has 0 radical (unpaired) electrons. The van der Waals surface area contributed by atoms with Gasteiger partial charge >= 0.3 is 0 Å². The van der Waals surface area contributed by atoms with Gasteiger partial charge in [0.2, 0.25) is 0 Å². The molecular weight excluding hydrogens is 691 g/mol. The molecule has 270 valence electrons. The van der Waals surface area contributed by atoms with Gasteiger partial charge in [-0.3, -0.25) is 0 Å². The van der Waals surface area contributed by atoms with Gasteiger partial charge in [0.15, 0.2) is 0 Å². The molecule has 3 heteroatoms. The Balaban J connectivity index is 1.15. The van der Waals surface area contributed by atoms with E-state index in [0.717, 1.165) is 80.4 Å². The summed E-state index contributed by atoms with van der Waals surface area (Å²) in [6.07, 6.45) is 0. The number of anilines is 1. The second-order valence-electron chi connectivity index (χ2n) is 14.7. The first kappa shape index (κ1) is 34.2. The summed E-state index contributed by atoms with van der Waals surface area (Å²) >= 11 is 0. The van der Waals surface area contributed by atoms with Gasteiger partial charge in [0.1, 0.15) is 0 Å². The van der Waals surface area contributed by atoms with E-state index in [4.69, 9.17) is 9.97 Å². The van der Waals surface area contributed by atoms with Crippen molar-refractivity contribution >= 4 is 5.69 Å². The summed E-state index contributed by atoms with van der Waals surface area (Å²) in [4.78, 5) is 12.8.